The van der Waals surface area contributed by atoms with Crippen LogP contribution in [0.25, 0.3) is 0 Å². The Morgan fingerprint density at radius 2 is 0.887 bits per heavy atom. The third-order valence-corrected chi connectivity index (χ3v) is 8.38. The van der Waals surface area contributed by atoms with Gasteiger partial charge in [-0.2, -0.15) is 0 Å². The van der Waals surface area contributed by atoms with Gasteiger partial charge in [0.1, 0.15) is 0 Å². The molecule has 0 aromatic heterocycles. The van der Waals surface area contributed by atoms with Crippen LogP contribution in [0, 0.1) is 30.3 Å². The zero-order chi connectivity index (χ0) is 38.4. The number of hydrogen-bond donors (Lipinski definition) is 2. The highest BCUT2D eigenvalue weighted by Gasteiger charge is 2.22. The van der Waals surface area contributed by atoms with Gasteiger partial charge in [0.25, 0.3) is 27.5 Å². The van der Waals surface area contributed by atoms with Crippen LogP contribution in [0.1, 0.15) is 43.0 Å². The number of benzene rings is 5. The van der Waals surface area contributed by atoms with Gasteiger partial charge in [-0.1, -0.05) is 24.3 Å². The number of anilines is 2. The van der Waals surface area contributed by atoms with Gasteiger partial charge < -0.3 is 11.5 Å². The van der Waals surface area contributed by atoms with Crippen LogP contribution in [0.3, 0.4) is 0 Å². The second kappa shape index (κ2) is 16.0. The molecule has 0 fully saturated rings. The predicted molar refractivity (Wildman–Crippen MR) is 201 cm³/mol. The van der Waals surface area contributed by atoms with E-state index in [0.29, 0.717) is 29.7 Å². The van der Waals surface area contributed by atoms with Gasteiger partial charge in [0.15, 0.2) is 0 Å². The minimum atomic E-state index is -0.552. The van der Waals surface area contributed by atoms with E-state index in [0.717, 1.165) is 45.1 Å². The molecule has 4 N–H and O–H groups in total. The van der Waals surface area contributed by atoms with E-state index in [9.17, 15) is 39.9 Å². The van der Waals surface area contributed by atoms with E-state index in [2.05, 4.69) is 9.98 Å². The monoisotopic (exact) mass is 753 g/mol. The fourth-order valence-corrected chi connectivity index (χ4v) is 5.45. The van der Waals surface area contributed by atoms with Crippen molar-refractivity contribution in [1.29, 1.82) is 0 Å². The summed E-state index contributed by atoms with van der Waals surface area (Å²) in [7, 11) is 0. The zero-order valence-corrected chi connectivity index (χ0v) is 28.7. The lowest BCUT2D eigenvalue weighted by atomic mass is 9.99. The van der Waals surface area contributed by atoms with Crippen LogP contribution in [-0.4, -0.2) is 36.7 Å². The highest BCUT2D eigenvalue weighted by Crippen LogP contribution is 2.34. The summed E-state index contributed by atoms with van der Waals surface area (Å²) in [6.45, 7) is 0. The number of carbonyl (C=O) groups excluding carboxylic acids is 2. The predicted octanol–water partition coefficient (Wildman–Crippen LogP) is 8.06. The lowest BCUT2D eigenvalue weighted by Gasteiger charge is -2.04. The Bertz CT molecular complexity index is 2230. The molecule has 53 heavy (non-hydrogen) atoms. The van der Waals surface area contributed by atoms with Crippen LogP contribution in [0.15, 0.2) is 113 Å². The van der Waals surface area contributed by atoms with Crippen LogP contribution in [0.2, 0.25) is 0 Å². The van der Waals surface area contributed by atoms with E-state index in [1.165, 1.54) is 54.6 Å². The first-order valence-corrected chi connectivity index (χ1v) is 16.1. The molecular weight excluding hydrogens is 729 g/mol. The van der Waals surface area contributed by atoms with Crippen molar-refractivity contribution in [2.75, 3.05) is 11.5 Å². The molecule has 0 atom stereocenters. The molecule has 266 valence electrons. The molecule has 0 bridgehead atoms. The van der Waals surface area contributed by atoms with E-state index in [4.69, 9.17) is 34.7 Å². The second-order valence-corrected chi connectivity index (χ2v) is 12.1. The van der Waals surface area contributed by atoms with Gasteiger partial charge in [-0.15, -0.1) is 0 Å². The largest absolute Gasteiger partial charge is 0.397 e. The smallest absolute Gasteiger partial charge is 0.271 e. The van der Waals surface area contributed by atoms with E-state index in [-0.39, 0.29) is 22.7 Å². The number of nitro benzene ring substituents is 3. The first-order valence-electron chi connectivity index (χ1n) is 15.3. The van der Waals surface area contributed by atoms with Crippen molar-refractivity contribution < 1.29 is 24.4 Å². The number of carbonyl (C=O) groups is 2. The number of nitrogens with zero attached hydrogens (tertiary/aromatic N) is 5. The summed E-state index contributed by atoms with van der Waals surface area (Å²) in [4.78, 5) is 61.2. The number of non-ortho nitro benzene ring substituents is 3. The molecule has 15 nitrogen and oxygen atoms in total. The van der Waals surface area contributed by atoms with Crippen LogP contribution in [-0.2, 0) is 12.8 Å². The molecule has 7 rings (SSSR count). The molecule has 0 saturated carbocycles. The molecule has 2 heterocycles. The SMILES string of the molecule is Nc1ccc([N+](=O)[O-])cc1N.O=C(Cl)c1ccc(C(=O)Cl)cc1.O=[N+]([O-])c1ccc2c(c1)CC(c1ccc(C3=Nc4ccc([N+](=O)[O-])cc4C3)cc1)=N2. The van der Waals surface area contributed by atoms with Crippen molar-refractivity contribution in [2.45, 2.75) is 12.8 Å². The number of nitrogens with two attached hydrogens (primary N) is 2. The lowest BCUT2D eigenvalue weighted by molar-refractivity contribution is -0.385. The van der Waals surface area contributed by atoms with Gasteiger partial charge in [-0.3, -0.25) is 49.9 Å². The highest BCUT2D eigenvalue weighted by molar-refractivity contribution is 6.68. The molecule has 2 aliphatic heterocycles. The first kappa shape index (κ1) is 37.4. The Kier molecular flexibility index (Phi) is 11.3. The average Bonchev–Trinajstić information content (AvgIpc) is 3.77. The Labute approximate surface area is 309 Å². The minimum Gasteiger partial charge on any atom is -0.397 e. The van der Waals surface area contributed by atoms with Gasteiger partial charge >= 0.3 is 0 Å². The summed E-state index contributed by atoms with van der Waals surface area (Å²) in [5.41, 5.74) is 18.9. The normalized spacial score (nSPS) is 12.0. The van der Waals surface area contributed by atoms with E-state index >= 15 is 0 Å². The number of fused-ring (bicyclic) bond motifs is 2. The van der Waals surface area contributed by atoms with Gasteiger partial charge in [0, 0.05) is 60.4 Å². The number of hydrogen-bond acceptors (Lipinski definition) is 12. The number of nitrogen functional groups attached to an aromatic ring is 2. The van der Waals surface area contributed by atoms with Crippen molar-refractivity contribution in [3.63, 3.8) is 0 Å². The van der Waals surface area contributed by atoms with Crippen LogP contribution >= 0.6 is 23.2 Å². The summed E-state index contributed by atoms with van der Waals surface area (Å²) in [5, 5.41) is 31.0. The van der Waals surface area contributed by atoms with Crippen molar-refractivity contribution in [2.24, 2.45) is 9.98 Å². The molecule has 0 saturated heterocycles. The van der Waals surface area contributed by atoms with Crippen molar-refractivity contribution in [3.05, 3.63) is 167 Å². The molecular formula is C36H25Cl2N7O8. The average molecular weight is 755 g/mol. The summed E-state index contributed by atoms with van der Waals surface area (Å²) in [5.74, 6) is 0. The third-order valence-electron chi connectivity index (χ3n) is 7.95. The maximum atomic E-state index is 11.0. The Morgan fingerprint density at radius 1 is 0.528 bits per heavy atom. The standard InChI is InChI=1S/C22H14N4O4.C8H4Cl2O2.C6H7N3O2/c27-25(28)17-5-7-19-15(9-17)11-21(23-19)13-1-2-14(4-3-13)22-12-16-10-18(26(29)30)6-8-20(16)24-22;9-7(11)5-1-2-6(4-3-5)8(10)12;7-5-2-1-4(9(10)11)3-6(5)8/h1-10H,11-12H2;1-4H;1-3H,7-8H2. The minimum absolute atomic E-state index is 0.0447. The fraction of sp³-hybridized carbons (Fsp3) is 0.0556. The zero-order valence-electron chi connectivity index (χ0n) is 27.1. The van der Waals surface area contributed by atoms with Gasteiger partial charge in [0.2, 0.25) is 0 Å². The number of halogens is 2. The molecule has 0 radical (unpaired) electrons. The van der Waals surface area contributed by atoms with Gasteiger partial charge in [-0.05, 0) is 87.9 Å². The number of aliphatic imine (C=N–C) groups is 2. The molecule has 5 aromatic carbocycles. The Balaban J connectivity index is 0.000000193. The van der Waals surface area contributed by atoms with E-state index in [1.807, 2.05) is 24.3 Å². The molecule has 2 aliphatic rings. The van der Waals surface area contributed by atoms with Crippen LogP contribution < -0.4 is 11.5 Å². The quantitative estimate of drug-likeness (QED) is 0.0700. The lowest BCUT2D eigenvalue weighted by Crippen LogP contribution is -2.04. The van der Waals surface area contributed by atoms with E-state index < -0.39 is 25.3 Å². The van der Waals surface area contributed by atoms with Crippen molar-refractivity contribution in [1.82, 2.24) is 0 Å². The Hall–Kier alpha value is -6.84. The van der Waals surface area contributed by atoms with Crippen molar-refractivity contribution >= 4 is 84.9 Å². The van der Waals surface area contributed by atoms with Crippen LogP contribution in [0.5, 0.6) is 0 Å². The Morgan fingerprint density at radius 3 is 1.23 bits per heavy atom. The number of rotatable bonds is 7. The molecule has 0 unspecified atom stereocenters. The second-order valence-electron chi connectivity index (χ2n) is 11.4. The summed E-state index contributed by atoms with van der Waals surface area (Å²) in [6, 6.07) is 27.0. The number of nitro groups is 3. The summed E-state index contributed by atoms with van der Waals surface area (Å²) in [6.07, 6.45) is 1.10. The molecule has 17 heteroatoms. The third kappa shape index (κ3) is 9.10. The first-order chi connectivity index (χ1) is 25.2. The van der Waals surface area contributed by atoms with Crippen molar-refractivity contribution in [3.8, 4) is 0 Å². The fourth-order valence-electron chi connectivity index (χ4n) is 5.20. The summed E-state index contributed by atoms with van der Waals surface area (Å²) < 4.78 is 0. The van der Waals surface area contributed by atoms with Gasteiger partial charge in [-0.25, -0.2) is 0 Å². The van der Waals surface area contributed by atoms with E-state index in [1.54, 1.807) is 24.3 Å². The molecule has 0 spiro atoms. The summed E-state index contributed by atoms with van der Waals surface area (Å²) >= 11 is 10.4. The van der Waals surface area contributed by atoms with Crippen LogP contribution in [0.4, 0.5) is 39.8 Å². The maximum Gasteiger partial charge on any atom is 0.271 e. The molecule has 0 amide bonds. The van der Waals surface area contributed by atoms with Gasteiger partial charge in [0.05, 0.1) is 48.9 Å². The molecule has 0 aliphatic carbocycles. The molecule has 5 aromatic rings. The maximum absolute atomic E-state index is 11.0. The highest BCUT2D eigenvalue weighted by atomic mass is 35.5. The topological polar surface area (TPSA) is 240 Å².